The van der Waals surface area contributed by atoms with Crippen LogP contribution in [0.1, 0.15) is 85.1 Å². The third kappa shape index (κ3) is 10.4. The van der Waals surface area contributed by atoms with Crippen molar-refractivity contribution in [2.45, 2.75) is 121 Å². The largest absolute Gasteiger partial charge is 0.443 e. The van der Waals surface area contributed by atoms with Gasteiger partial charge in [-0.1, -0.05) is 43.2 Å². The molecule has 61 heavy (non-hydrogen) atoms. The molecule has 2 aliphatic heterocycles. The number of carbonyl (C=O) groups excluding carboxylic acids is 3. The van der Waals surface area contributed by atoms with E-state index in [0.29, 0.717) is 23.8 Å². The summed E-state index contributed by atoms with van der Waals surface area (Å²) in [6, 6.07) is 8.36. The van der Waals surface area contributed by atoms with Crippen LogP contribution in [0.4, 0.5) is 15.4 Å². The first-order chi connectivity index (χ1) is 28.4. The summed E-state index contributed by atoms with van der Waals surface area (Å²) in [6.07, 6.45) is -1.50. The van der Waals surface area contributed by atoms with Crippen molar-refractivity contribution in [3.8, 4) is 0 Å². The number of carbonyl (C=O) groups is 3. The number of anilines is 1. The molecule has 336 valence electrons. The smallest absolute Gasteiger partial charge is 0.443 e. The number of nitrogens with one attached hydrogen (secondary N) is 1. The first-order valence-corrected chi connectivity index (χ1v) is 23.3. The molecule has 0 bridgehead atoms. The minimum Gasteiger partial charge on any atom is -0.443 e. The lowest BCUT2D eigenvalue weighted by molar-refractivity contribution is -0.207. The van der Waals surface area contributed by atoms with Gasteiger partial charge in [-0.2, -0.15) is 15.1 Å². The van der Waals surface area contributed by atoms with Crippen LogP contribution in [0.2, 0.25) is 5.28 Å². The fourth-order valence-electron chi connectivity index (χ4n) is 7.40. The maximum atomic E-state index is 13.8. The molecule has 6 rings (SSSR count). The normalized spacial score (nSPS) is 24.0. The Morgan fingerprint density at radius 1 is 1.13 bits per heavy atom. The van der Waals surface area contributed by atoms with Gasteiger partial charge in [0.2, 0.25) is 5.28 Å². The quantitative estimate of drug-likeness (QED) is 0.148. The predicted molar refractivity (Wildman–Crippen MR) is 218 cm³/mol. The van der Waals surface area contributed by atoms with Crippen LogP contribution in [0.5, 0.6) is 0 Å². The molecule has 3 fully saturated rings. The summed E-state index contributed by atoms with van der Waals surface area (Å²) in [7, 11) is -8.67. The highest BCUT2D eigenvalue weighted by Crippen LogP contribution is 2.53. The Kier molecular flexibility index (Phi) is 13.6. The van der Waals surface area contributed by atoms with E-state index in [9.17, 15) is 32.9 Å². The lowest BCUT2D eigenvalue weighted by Crippen LogP contribution is -2.54. The van der Waals surface area contributed by atoms with Gasteiger partial charge >= 0.3 is 19.8 Å². The Bertz CT molecular complexity index is 2290. The molecule has 1 unspecified atom stereocenters. The summed E-state index contributed by atoms with van der Waals surface area (Å²) in [5.74, 6) is -2.64. The molecule has 1 aliphatic carbocycles. The van der Waals surface area contributed by atoms with Gasteiger partial charge in [-0.05, 0) is 71.5 Å². The van der Waals surface area contributed by atoms with E-state index in [1.54, 1.807) is 71.9 Å². The zero-order valence-electron chi connectivity index (χ0n) is 34.9. The molecule has 0 radical (unpaired) electrons. The van der Waals surface area contributed by atoms with Crippen molar-refractivity contribution in [3.05, 3.63) is 47.4 Å². The van der Waals surface area contributed by atoms with Crippen molar-refractivity contribution in [1.82, 2.24) is 24.5 Å². The Balaban J connectivity index is 1.28. The predicted octanol–water partition coefficient (Wildman–Crippen LogP) is 5.15. The van der Waals surface area contributed by atoms with E-state index in [2.05, 4.69) is 19.4 Å². The molecule has 0 spiro atoms. The van der Waals surface area contributed by atoms with Gasteiger partial charge < -0.3 is 42.9 Å². The zero-order chi connectivity index (χ0) is 44.7. The molecule has 1 saturated carbocycles. The third-order valence-electron chi connectivity index (χ3n) is 10.0. The number of rotatable bonds is 13. The number of benzene rings is 1. The highest BCUT2D eigenvalue weighted by molar-refractivity contribution is 7.91. The van der Waals surface area contributed by atoms with E-state index in [1.807, 2.05) is 4.72 Å². The molecule has 3 amide bonds. The highest BCUT2D eigenvalue weighted by atomic mass is 35.5. The van der Waals surface area contributed by atoms with Crippen molar-refractivity contribution in [1.29, 1.82) is 0 Å². The van der Waals surface area contributed by atoms with Gasteiger partial charge in [0.05, 0.1) is 24.8 Å². The van der Waals surface area contributed by atoms with Crippen molar-refractivity contribution in [2.24, 2.45) is 4.36 Å². The lowest BCUT2D eigenvalue weighted by Gasteiger charge is -2.33. The minimum absolute atomic E-state index is 0.154. The van der Waals surface area contributed by atoms with E-state index in [1.165, 1.54) is 15.8 Å². The van der Waals surface area contributed by atoms with Crippen molar-refractivity contribution >= 4 is 64.1 Å². The van der Waals surface area contributed by atoms with Crippen LogP contribution in [-0.4, -0.2) is 120 Å². The number of hydrogen-bond donors (Lipinski definition) is 3. The van der Waals surface area contributed by atoms with Gasteiger partial charge in [0.15, 0.2) is 23.5 Å². The average Bonchev–Trinajstić information content (AvgIpc) is 3.93. The number of fused-ring (bicyclic) bond motifs is 2. The second kappa shape index (κ2) is 17.7. The summed E-state index contributed by atoms with van der Waals surface area (Å²) in [6.45, 7) is 8.34. The molecule has 2 saturated heterocycles. The molecule has 1 aromatic carbocycles. The average molecular weight is 916 g/mol. The van der Waals surface area contributed by atoms with Crippen LogP contribution >= 0.6 is 19.2 Å². The van der Waals surface area contributed by atoms with Crippen molar-refractivity contribution in [3.63, 3.8) is 0 Å². The lowest BCUT2D eigenvalue weighted by atomic mass is 10.1. The van der Waals surface area contributed by atoms with Crippen LogP contribution in [0.25, 0.3) is 11.0 Å². The first-order valence-electron chi connectivity index (χ1n) is 19.4. The summed E-state index contributed by atoms with van der Waals surface area (Å²) in [5, 5.41) is 1.55. The van der Waals surface area contributed by atoms with E-state index in [0.717, 1.165) is 26.2 Å². The Hall–Kier alpha value is -3.83. The molecule has 2 aromatic heterocycles. The fourth-order valence-corrected chi connectivity index (χ4v) is 9.38. The van der Waals surface area contributed by atoms with Crippen molar-refractivity contribution < 1.29 is 66.1 Å². The minimum atomic E-state index is -5.68. The van der Waals surface area contributed by atoms with Gasteiger partial charge in [-0.25, -0.2) is 18.5 Å². The standard InChI is InChI=1S/C37H51ClN7O14PS/c1-21(22-14-10-9-11-15-22)55-33(47)43-61(8,52)42-31(46)37(20-53-7,60(49,50)51)54-19-25-26-27(58-36(5,6)57-26)30(56-25)45-29-24(18-39-45)28(40-32(38)41-29)44(23-16-12-13-17-23)34(48)59-35(2,3)4/h9-11,14-15,18,21,23,25-27,30H,12-13,16-17,19-20H2,1-8H3,(H2,49,50,51)(H,42,43,46,47,52)/t21-,25-,26-,27-,30-,37+,61?/m1/s1. The molecule has 21 nitrogen and oxygen atoms in total. The van der Waals surface area contributed by atoms with Crippen LogP contribution in [-0.2, 0) is 52.4 Å². The van der Waals surface area contributed by atoms with Gasteiger partial charge in [0, 0.05) is 19.4 Å². The van der Waals surface area contributed by atoms with E-state index in [-0.39, 0.29) is 22.8 Å². The Morgan fingerprint density at radius 2 is 1.79 bits per heavy atom. The molecule has 3 aliphatic rings. The van der Waals surface area contributed by atoms with Gasteiger partial charge in [0.1, 0.15) is 39.9 Å². The fraction of sp³-hybridized carbons (Fsp3) is 0.622. The maximum absolute atomic E-state index is 13.8. The van der Waals surface area contributed by atoms with Gasteiger partial charge in [0.25, 0.3) is 11.2 Å². The summed E-state index contributed by atoms with van der Waals surface area (Å²) in [4.78, 5) is 71.9. The van der Waals surface area contributed by atoms with E-state index >= 15 is 0 Å². The number of hydrogen-bond acceptors (Lipinski definition) is 15. The second-order valence-electron chi connectivity index (χ2n) is 16.4. The molecular formula is C37H51ClN7O14PS. The van der Waals surface area contributed by atoms with Crippen molar-refractivity contribution in [2.75, 3.05) is 31.5 Å². The SMILES string of the molecule is COC[C@@](OC[C@H]1O[C@@H](n2ncc3c(N(C(=O)OC(C)(C)C)C4CCCC4)nc(Cl)nc32)[C@@H]2OC(C)(C)O[C@@H]21)(C(=O)NS(C)(=O)=NC(=O)O[C@H](C)c1ccccc1)P(=O)(O)O. The topological polar surface area (TPSA) is 262 Å². The molecule has 4 heterocycles. The van der Waals surface area contributed by atoms with Gasteiger partial charge in [-0.15, -0.1) is 4.36 Å². The van der Waals surface area contributed by atoms with E-state index < -0.39 is 96.2 Å². The van der Waals surface area contributed by atoms with Crippen LogP contribution in [0.15, 0.2) is 40.9 Å². The zero-order valence-corrected chi connectivity index (χ0v) is 37.3. The molecule has 3 aromatic rings. The Labute approximate surface area is 357 Å². The highest BCUT2D eigenvalue weighted by Gasteiger charge is 2.60. The molecule has 24 heteroatoms. The summed E-state index contributed by atoms with van der Waals surface area (Å²) < 4.78 is 74.1. The summed E-state index contributed by atoms with van der Waals surface area (Å²) in [5.41, 5.74) is -0.0504. The number of methoxy groups -OCH3 is 1. The first kappa shape index (κ1) is 46.7. The maximum Gasteiger partial charge on any atom is 0.443 e. The molecular weight excluding hydrogens is 865 g/mol. The van der Waals surface area contributed by atoms with Crippen LogP contribution in [0, 0.1) is 0 Å². The summed E-state index contributed by atoms with van der Waals surface area (Å²) >= 11 is 6.52. The number of halogens is 1. The van der Waals surface area contributed by atoms with Crippen LogP contribution < -0.4 is 9.62 Å². The second-order valence-corrected chi connectivity index (χ2v) is 20.5. The molecule has 3 N–H and O–H groups in total. The number of ether oxygens (including phenoxy) is 7. The van der Waals surface area contributed by atoms with E-state index in [4.69, 9.17) is 44.8 Å². The number of amides is 3. The monoisotopic (exact) mass is 915 g/mol. The number of aromatic nitrogens is 4. The Morgan fingerprint density at radius 3 is 2.41 bits per heavy atom. The van der Waals surface area contributed by atoms with Gasteiger partial charge in [-0.3, -0.25) is 19.0 Å². The van der Waals surface area contributed by atoms with Crippen LogP contribution in [0.3, 0.4) is 0 Å². The molecule has 7 atom stereocenters. The third-order valence-corrected chi connectivity index (χ3v) is 12.6. The number of nitrogens with zero attached hydrogens (tertiary/aromatic N) is 6.